The standard InChI is InChI=1S/C15H23NO2/c1-11(2)13(4)16(10-9-15(17)18)14-7-5-12(3)6-8-14/h5-8,11,13H,9-10H2,1-4H3,(H,17,18). The minimum Gasteiger partial charge on any atom is -0.481 e. The molecule has 0 amide bonds. The summed E-state index contributed by atoms with van der Waals surface area (Å²) in [6, 6.07) is 8.59. The van der Waals surface area contributed by atoms with Crippen LogP contribution in [0.4, 0.5) is 5.69 Å². The quantitative estimate of drug-likeness (QED) is 0.840. The molecule has 0 aliphatic rings. The molecule has 18 heavy (non-hydrogen) atoms. The third kappa shape index (κ3) is 4.06. The van der Waals surface area contributed by atoms with Gasteiger partial charge >= 0.3 is 5.97 Å². The van der Waals surface area contributed by atoms with Crippen LogP contribution < -0.4 is 4.90 Å². The van der Waals surface area contributed by atoms with E-state index < -0.39 is 5.97 Å². The first-order valence-electron chi connectivity index (χ1n) is 6.47. The number of aliphatic carboxylic acids is 1. The van der Waals surface area contributed by atoms with Gasteiger partial charge < -0.3 is 10.0 Å². The van der Waals surface area contributed by atoms with Gasteiger partial charge in [0.05, 0.1) is 6.42 Å². The molecule has 1 rings (SSSR count). The molecule has 1 unspecified atom stereocenters. The van der Waals surface area contributed by atoms with Crippen LogP contribution in [0.3, 0.4) is 0 Å². The largest absolute Gasteiger partial charge is 0.481 e. The maximum atomic E-state index is 10.8. The van der Waals surface area contributed by atoms with Gasteiger partial charge in [0, 0.05) is 18.3 Å². The van der Waals surface area contributed by atoms with Gasteiger partial charge in [-0.15, -0.1) is 0 Å². The van der Waals surface area contributed by atoms with Gasteiger partial charge in [0.1, 0.15) is 0 Å². The molecule has 100 valence electrons. The third-order valence-corrected chi connectivity index (χ3v) is 3.39. The van der Waals surface area contributed by atoms with Crippen molar-refractivity contribution in [3.05, 3.63) is 29.8 Å². The summed E-state index contributed by atoms with van der Waals surface area (Å²) in [5.74, 6) is -0.261. The minimum atomic E-state index is -0.747. The summed E-state index contributed by atoms with van der Waals surface area (Å²) in [5, 5.41) is 8.85. The number of hydrogen-bond donors (Lipinski definition) is 1. The number of rotatable bonds is 6. The van der Waals surface area contributed by atoms with Crippen LogP contribution in [0.5, 0.6) is 0 Å². The molecule has 0 spiro atoms. The number of carboxylic acid groups (broad SMARTS) is 1. The van der Waals surface area contributed by atoms with Crippen molar-refractivity contribution in [3.63, 3.8) is 0 Å². The molecule has 3 heteroatoms. The minimum absolute atomic E-state index is 0.172. The lowest BCUT2D eigenvalue weighted by Crippen LogP contribution is -2.38. The Morgan fingerprint density at radius 1 is 1.22 bits per heavy atom. The van der Waals surface area contributed by atoms with Crippen molar-refractivity contribution in [1.29, 1.82) is 0 Å². The highest BCUT2D eigenvalue weighted by Crippen LogP contribution is 2.21. The van der Waals surface area contributed by atoms with Crippen LogP contribution in [0.1, 0.15) is 32.8 Å². The molecular formula is C15H23NO2. The highest BCUT2D eigenvalue weighted by molar-refractivity contribution is 5.67. The van der Waals surface area contributed by atoms with Crippen molar-refractivity contribution < 1.29 is 9.90 Å². The van der Waals surface area contributed by atoms with Crippen molar-refractivity contribution in [2.24, 2.45) is 5.92 Å². The van der Waals surface area contributed by atoms with Crippen molar-refractivity contribution in [2.45, 2.75) is 40.2 Å². The SMILES string of the molecule is Cc1ccc(N(CCC(=O)O)C(C)C(C)C)cc1. The van der Waals surface area contributed by atoms with E-state index in [9.17, 15) is 4.79 Å². The Hall–Kier alpha value is -1.51. The summed E-state index contributed by atoms with van der Waals surface area (Å²) >= 11 is 0. The Morgan fingerprint density at radius 3 is 2.22 bits per heavy atom. The van der Waals surface area contributed by atoms with Crippen LogP contribution in [0.2, 0.25) is 0 Å². The zero-order chi connectivity index (χ0) is 13.7. The van der Waals surface area contributed by atoms with Gasteiger partial charge in [-0.3, -0.25) is 4.79 Å². The van der Waals surface area contributed by atoms with E-state index in [4.69, 9.17) is 5.11 Å². The summed E-state index contributed by atoms with van der Waals surface area (Å²) in [6.07, 6.45) is 0.172. The number of anilines is 1. The maximum absolute atomic E-state index is 10.8. The summed E-state index contributed by atoms with van der Waals surface area (Å²) in [4.78, 5) is 12.9. The van der Waals surface area contributed by atoms with Crippen LogP contribution in [0, 0.1) is 12.8 Å². The van der Waals surface area contributed by atoms with E-state index in [1.54, 1.807) is 0 Å². The fourth-order valence-corrected chi connectivity index (χ4v) is 1.88. The molecule has 0 aliphatic carbocycles. The van der Waals surface area contributed by atoms with E-state index in [-0.39, 0.29) is 6.42 Å². The molecule has 0 fully saturated rings. The molecule has 1 atom stereocenters. The average molecular weight is 249 g/mol. The molecule has 0 aromatic heterocycles. The number of hydrogen-bond acceptors (Lipinski definition) is 2. The second-order valence-electron chi connectivity index (χ2n) is 5.16. The highest BCUT2D eigenvalue weighted by atomic mass is 16.4. The topological polar surface area (TPSA) is 40.5 Å². The van der Waals surface area contributed by atoms with Gasteiger partial charge in [0.25, 0.3) is 0 Å². The Balaban J connectivity index is 2.88. The molecule has 1 N–H and O–H groups in total. The number of carbonyl (C=O) groups is 1. The Kier molecular flexibility index (Phi) is 5.20. The van der Waals surface area contributed by atoms with Gasteiger partial charge in [-0.2, -0.15) is 0 Å². The van der Waals surface area contributed by atoms with Crippen LogP contribution in [-0.2, 0) is 4.79 Å². The van der Waals surface area contributed by atoms with Gasteiger partial charge in [-0.25, -0.2) is 0 Å². The monoisotopic (exact) mass is 249 g/mol. The third-order valence-electron chi connectivity index (χ3n) is 3.39. The van der Waals surface area contributed by atoms with Gasteiger partial charge in [0.2, 0.25) is 0 Å². The van der Waals surface area contributed by atoms with E-state index in [1.807, 2.05) is 0 Å². The molecule has 0 saturated carbocycles. The van der Waals surface area contributed by atoms with Gasteiger partial charge in [0.15, 0.2) is 0 Å². The number of nitrogens with zero attached hydrogens (tertiary/aromatic N) is 1. The fourth-order valence-electron chi connectivity index (χ4n) is 1.88. The van der Waals surface area contributed by atoms with E-state index in [0.29, 0.717) is 18.5 Å². The predicted octanol–water partition coefficient (Wildman–Crippen LogP) is 3.32. The molecule has 0 bridgehead atoms. The lowest BCUT2D eigenvalue weighted by Gasteiger charge is -2.33. The van der Waals surface area contributed by atoms with E-state index in [2.05, 4.69) is 56.9 Å². The second-order valence-corrected chi connectivity index (χ2v) is 5.16. The zero-order valence-electron chi connectivity index (χ0n) is 11.7. The van der Waals surface area contributed by atoms with Crippen LogP contribution >= 0.6 is 0 Å². The molecule has 0 radical (unpaired) electrons. The van der Waals surface area contributed by atoms with E-state index >= 15 is 0 Å². The number of aryl methyl sites for hydroxylation is 1. The van der Waals surface area contributed by atoms with E-state index in [0.717, 1.165) is 5.69 Å². The second kappa shape index (κ2) is 6.43. The predicted molar refractivity (Wildman–Crippen MR) is 75.1 cm³/mol. The van der Waals surface area contributed by atoms with Crippen molar-refractivity contribution in [2.75, 3.05) is 11.4 Å². The highest BCUT2D eigenvalue weighted by Gasteiger charge is 2.18. The summed E-state index contributed by atoms with van der Waals surface area (Å²) in [6.45, 7) is 9.07. The smallest absolute Gasteiger partial charge is 0.305 e. The maximum Gasteiger partial charge on any atom is 0.305 e. The normalized spacial score (nSPS) is 12.5. The molecule has 0 saturated heterocycles. The summed E-state index contributed by atoms with van der Waals surface area (Å²) < 4.78 is 0. The first kappa shape index (κ1) is 14.6. The lowest BCUT2D eigenvalue weighted by atomic mass is 10.0. The Bertz CT molecular complexity index is 384. The average Bonchev–Trinajstić information content (AvgIpc) is 2.30. The van der Waals surface area contributed by atoms with Crippen LogP contribution in [0.25, 0.3) is 0 Å². The molecule has 0 aliphatic heterocycles. The number of benzene rings is 1. The first-order chi connectivity index (χ1) is 8.41. The van der Waals surface area contributed by atoms with Crippen molar-refractivity contribution in [1.82, 2.24) is 0 Å². The molecule has 0 heterocycles. The van der Waals surface area contributed by atoms with Crippen LogP contribution in [0.15, 0.2) is 24.3 Å². The Labute approximate surface area is 109 Å². The van der Waals surface area contributed by atoms with Crippen molar-refractivity contribution >= 4 is 11.7 Å². The first-order valence-corrected chi connectivity index (χ1v) is 6.47. The lowest BCUT2D eigenvalue weighted by molar-refractivity contribution is -0.136. The molecule has 3 nitrogen and oxygen atoms in total. The molecule has 1 aromatic carbocycles. The van der Waals surface area contributed by atoms with Gasteiger partial charge in [-0.05, 0) is 31.9 Å². The molecule has 1 aromatic rings. The van der Waals surface area contributed by atoms with Gasteiger partial charge in [-0.1, -0.05) is 31.5 Å². The Morgan fingerprint density at radius 2 is 1.78 bits per heavy atom. The zero-order valence-corrected chi connectivity index (χ0v) is 11.7. The van der Waals surface area contributed by atoms with Crippen LogP contribution in [-0.4, -0.2) is 23.7 Å². The van der Waals surface area contributed by atoms with Crippen molar-refractivity contribution in [3.8, 4) is 0 Å². The molecular weight excluding hydrogens is 226 g/mol. The summed E-state index contributed by atoms with van der Waals surface area (Å²) in [5.41, 5.74) is 2.32. The fraction of sp³-hybridized carbons (Fsp3) is 0.533. The van der Waals surface area contributed by atoms with E-state index in [1.165, 1.54) is 5.56 Å². The number of carboxylic acids is 1. The summed E-state index contributed by atoms with van der Waals surface area (Å²) in [7, 11) is 0.